The van der Waals surface area contributed by atoms with Crippen molar-refractivity contribution in [1.82, 2.24) is 15.0 Å². The lowest BCUT2D eigenvalue weighted by Crippen LogP contribution is -2.32. The fraction of sp³-hybridized carbons (Fsp3) is 0.346. The highest BCUT2D eigenvalue weighted by Crippen LogP contribution is 2.47. The number of aromatic nitrogens is 3. The summed E-state index contributed by atoms with van der Waals surface area (Å²) in [5.41, 5.74) is 1.28. The molecule has 1 N–H and O–H groups in total. The number of aryl methyl sites for hydroxylation is 1. The Kier molecular flexibility index (Phi) is 7.63. The molecule has 0 radical (unpaired) electrons. The zero-order chi connectivity index (χ0) is 26.0. The van der Waals surface area contributed by atoms with Crippen LogP contribution in [0.1, 0.15) is 48.3 Å². The van der Waals surface area contributed by atoms with Crippen molar-refractivity contribution >= 4 is 39.9 Å². The minimum absolute atomic E-state index is 0.117. The molecule has 4 rings (SSSR count). The zero-order valence-corrected chi connectivity index (χ0v) is 22.0. The molecule has 0 aliphatic heterocycles. The number of aliphatic carboxylic acids is 1. The number of nitrogens with zero attached hydrogens (tertiary/aromatic N) is 3. The molecule has 36 heavy (non-hydrogen) atoms. The van der Waals surface area contributed by atoms with E-state index in [-0.39, 0.29) is 17.7 Å². The molecule has 0 aliphatic carbocycles. The molecular formula is C26H27ClFN3O4S. The molecule has 2 aromatic heterocycles. The largest absolute Gasteiger partial charge is 0.497 e. The number of ether oxygens (including phenoxy) is 2. The van der Waals surface area contributed by atoms with E-state index in [1.54, 1.807) is 37.8 Å². The summed E-state index contributed by atoms with van der Waals surface area (Å²) in [6, 6.07) is 12.7. The summed E-state index contributed by atoms with van der Waals surface area (Å²) >= 11 is 7.77. The highest BCUT2D eigenvalue weighted by Gasteiger charge is 2.42. The predicted molar refractivity (Wildman–Crippen MR) is 137 cm³/mol. The molecule has 0 saturated carbocycles. The summed E-state index contributed by atoms with van der Waals surface area (Å²) in [7, 11) is 1.61. The first kappa shape index (κ1) is 26.1. The number of carboxylic acids is 1. The van der Waals surface area contributed by atoms with Crippen LogP contribution in [0.4, 0.5) is 4.39 Å². The summed E-state index contributed by atoms with van der Waals surface area (Å²) in [6.07, 6.45) is 0. The quantitative estimate of drug-likeness (QED) is 0.259. The minimum Gasteiger partial charge on any atom is -0.497 e. The molecule has 190 valence electrons. The average molecular weight is 532 g/mol. The Balaban J connectivity index is 1.65. The van der Waals surface area contributed by atoms with E-state index in [2.05, 4.69) is 10.3 Å². The number of carboxylic acid groups (broad SMARTS) is 1. The number of methoxy groups -OCH3 is 1. The SMILES string of the molecule is CCn1nnc2c(F)c(C(c3cc(COCc4ccc(OC)cc4)c(Cl)s3)C(C)(C)C(=O)O)ccc21. The van der Waals surface area contributed by atoms with Gasteiger partial charge in [0.25, 0.3) is 0 Å². The predicted octanol–water partition coefficient (Wildman–Crippen LogP) is 6.27. The van der Waals surface area contributed by atoms with E-state index in [9.17, 15) is 9.90 Å². The van der Waals surface area contributed by atoms with Crippen molar-refractivity contribution in [2.24, 2.45) is 5.41 Å². The van der Waals surface area contributed by atoms with Crippen molar-refractivity contribution < 1.29 is 23.8 Å². The highest BCUT2D eigenvalue weighted by molar-refractivity contribution is 7.16. The number of halogens is 2. The maximum absolute atomic E-state index is 15.7. The summed E-state index contributed by atoms with van der Waals surface area (Å²) in [5.74, 6) is -1.66. The molecule has 1 unspecified atom stereocenters. The van der Waals surface area contributed by atoms with Gasteiger partial charge in [-0.3, -0.25) is 4.79 Å². The monoisotopic (exact) mass is 531 g/mol. The molecular weight excluding hydrogens is 505 g/mol. The van der Waals surface area contributed by atoms with Crippen molar-refractivity contribution in [3.63, 3.8) is 0 Å². The third-order valence-electron chi connectivity index (χ3n) is 6.29. The van der Waals surface area contributed by atoms with Gasteiger partial charge in [0.05, 0.1) is 35.6 Å². The Morgan fingerprint density at radius 1 is 1.22 bits per heavy atom. The van der Waals surface area contributed by atoms with E-state index in [0.717, 1.165) is 16.9 Å². The molecule has 2 aromatic carbocycles. The molecule has 0 spiro atoms. The number of carbonyl (C=O) groups is 1. The molecule has 0 amide bonds. The van der Waals surface area contributed by atoms with E-state index in [1.807, 2.05) is 37.3 Å². The summed E-state index contributed by atoms with van der Waals surface area (Å²) in [4.78, 5) is 12.9. The van der Waals surface area contributed by atoms with Crippen molar-refractivity contribution in [3.8, 4) is 5.75 Å². The number of fused-ring (bicyclic) bond motifs is 1. The second kappa shape index (κ2) is 10.5. The van der Waals surface area contributed by atoms with Gasteiger partial charge >= 0.3 is 5.97 Å². The maximum atomic E-state index is 15.7. The van der Waals surface area contributed by atoms with Gasteiger partial charge in [0.1, 0.15) is 11.3 Å². The lowest BCUT2D eigenvalue weighted by atomic mass is 9.73. The Hall–Kier alpha value is -3.01. The summed E-state index contributed by atoms with van der Waals surface area (Å²) < 4.78 is 28.8. The van der Waals surface area contributed by atoms with Gasteiger partial charge in [-0.15, -0.1) is 16.4 Å². The Morgan fingerprint density at radius 3 is 2.58 bits per heavy atom. The van der Waals surface area contributed by atoms with Crippen LogP contribution in [0.2, 0.25) is 4.34 Å². The summed E-state index contributed by atoms with van der Waals surface area (Å²) in [5, 5.41) is 18.0. The van der Waals surface area contributed by atoms with Crippen LogP contribution in [0, 0.1) is 11.2 Å². The number of rotatable bonds is 10. The topological polar surface area (TPSA) is 86.5 Å². The van der Waals surface area contributed by atoms with Crippen LogP contribution >= 0.6 is 22.9 Å². The third kappa shape index (κ3) is 4.96. The average Bonchev–Trinajstić information content (AvgIpc) is 3.44. The number of benzene rings is 2. The van der Waals surface area contributed by atoms with Crippen LogP contribution in [-0.2, 0) is 29.3 Å². The summed E-state index contributed by atoms with van der Waals surface area (Å²) in [6.45, 7) is 6.20. The van der Waals surface area contributed by atoms with E-state index in [4.69, 9.17) is 21.1 Å². The Morgan fingerprint density at radius 2 is 1.94 bits per heavy atom. The normalized spacial score (nSPS) is 12.7. The van der Waals surface area contributed by atoms with Gasteiger partial charge in [0, 0.05) is 22.9 Å². The molecule has 7 nitrogen and oxygen atoms in total. The van der Waals surface area contributed by atoms with Crippen LogP contribution in [0.15, 0.2) is 42.5 Å². The van der Waals surface area contributed by atoms with Crippen molar-refractivity contribution in [3.05, 3.63) is 74.2 Å². The lowest BCUT2D eigenvalue weighted by Gasteiger charge is -2.30. The van der Waals surface area contributed by atoms with E-state index in [1.165, 1.54) is 11.3 Å². The van der Waals surface area contributed by atoms with Crippen LogP contribution in [0.25, 0.3) is 11.0 Å². The third-order valence-corrected chi connectivity index (χ3v) is 7.79. The fourth-order valence-electron chi connectivity index (χ4n) is 4.17. The van der Waals surface area contributed by atoms with E-state index >= 15 is 4.39 Å². The molecule has 4 aromatic rings. The first-order valence-corrected chi connectivity index (χ1v) is 12.6. The molecule has 10 heteroatoms. The zero-order valence-electron chi connectivity index (χ0n) is 20.4. The van der Waals surface area contributed by atoms with Crippen LogP contribution in [0.3, 0.4) is 0 Å². The minimum atomic E-state index is -1.33. The van der Waals surface area contributed by atoms with Gasteiger partial charge in [-0.25, -0.2) is 9.07 Å². The first-order chi connectivity index (χ1) is 17.2. The van der Waals surface area contributed by atoms with Gasteiger partial charge < -0.3 is 14.6 Å². The van der Waals surface area contributed by atoms with E-state index in [0.29, 0.717) is 27.9 Å². The number of hydrogen-bond donors (Lipinski definition) is 1. The molecule has 0 saturated heterocycles. The smallest absolute Gasteiger partial charge is 0.310 e. The molecule has 1 atom stereocenters. The van der Waals surface area contributed by atoms with Gasteiger partial charge in [0.15, 0.2) is 5.82 Å². The van der Waals surface area contributed by atoms with Gasteiger partial charge in [-0.2, -0.15) is 0 Å². The molecule has 0 bridgehead atoms. The molecule has 0 fully saturated rings. The van der Waals surface area contributed by atoms with Gasteiger partial charge in [-0.1, -0.05) is 35.0 Å². The first-order valence-electron chi connectivity index (χ1n) is 11.4. The van der Waals surface area contributed by atoms with Crippen molar-refractivity contribution in [2.75, 3.05) is 7.11 Å². The fourth-order valence-corrected chi connectivity index (χ4v) is 5.74. The Labute approximate surface area is 217 Å². The molecule has 2 heterocycles. The van der Waals surface area contributed by atoms with Crippen molar-refractivity contribution in [2.45, 2.75) is 46.4 Å². The second-order valence-corrected chi connectivity index (χ2v) is 10.7. The molecule has 0 aliphatic rings. The lowest BCUT2D eigenvalue weighted by molar-refractivity contribution is -0.147. The van der Waals surface area contributed by atoms with Gasteiger partial charge in [0.2, 0.25) is 0 Å². The van der Waals surface area contributed by atoms with Crippen LogP contribution in [-0.4, -0.2) is 33.2 Å². The van der Waals surface area contributed by atoms with Crippen LogP contribution in [0.5, 0.6) is 5.75 Å². The number of thiophene rings is 1. The van der Waals surface area contributed by atoms with Crippen molar-refractivity contribution in [1.29, 1.82) is 0 Å². The standard InChI is InChI=1S/C26H27ClFN3O4S/c1-5-31-19-11-10-18(22(28)23(19)29-30-31)21(26(2,3)25(32)33)20-12-16(24(27)36-20)14-35-13-15-6-8-17(34-4)9-7-15/h6-12,21H,5,13-14H2,1-4H3,(H,32,33). The second-order valence-electron chi connectivity index (χ2n) is 8.99. The van der Waals surface area contributed by atoms with E-state index < -0.39 is 23.1 Å². The van der Waals surface area contributed by atoms with Crippen LogP contribution < -0.4 is 4.74 Å². The number of hydrogen-bond acceptors (Lipinski definition) is 6. The van der Waals surface area contributed by atoms with Gasteiger partial charge in [-0.05, 0) is 56.2 Å². The highest BCUT2D eigenvalue weighted by atomic mass is 35.5. The maximum Gasteiger partial charge on any atom is 0.310 e. The Bertz CT molecular complexity index is 1380.